The van der Waals surface area contributed by atoms with Crippen LogP contribution in [0.1, 0.15) is 27.2 Å². The van der Waals surface area contributed by atoms with Gasteiger partial charge in [0.1, 0.15) is 0 Å². The standard InChI is InChI=1S/C8H16IO2/c1-8(2,3)11-7(10)5-6-9-4/h5-6H2,1-4H3/q-1. The summed E-state index contributed by atoms with van der Waals surface area (Å²) >= 11 is 0.230. The molecular formula is C8H16IO2-. The topological polar surface area (TPSA) is 26.3 Å². The Labute approximate surface area is 79.0 Å². The van der Waals surface area contributed by atoms with Gasteiger partial charge < -0.3 is 0 Å². The average Bonchev–Trinajstić information content (AvgIpc) is 1.79. The third-order valence-corrected chi connectivity index (χ3v) is 2.53. The molecule has 0 aromatic rings. The van der Waals surface area contributed by atoms with Gasteiger partial charge in [0.25, 0.3) is 0 Å². The van der Waals surface area contributed by atoms with E-state index in [1.54, 1.807) is 0 Å². The first-order valence-electron chi connectivity index (χ1n) is 3.61. The van der Waals surface area contributed by atoms with Gasteiger partial charge in [0.15, 0.2) is 0 Å². The number of esters is 1. The van der Waals surface area contributed by atoms with Gasteiger partial charge in [-0.3, -0.25) is 0 Å². The van der Waals surface area contributed by atoms with Gasteiger partial charge in [-0.1, -0.05) is 0 Å². The summed E-state index contributed by atoms with van der Waals surface area (Å²) in [5.41, 5.74) is -0.316. The molecule has 0 heterocycles. The van der Waals surface area contributed by atoms with Crippen LogP contribution < -0.4 is 21.2 Å². The summed E-state index contributed by atoms with van der Waals surface area (Å²) in [6, 6.07) is 0. The zero-order valence-corrected chi connectivity index (χ0v) is 9.77. The molecule has 0 fully saturated rings. The SMILES string of the molecule is C[I-]CCC(=O)OC(C)(C)C. The fourth-order valence-corrected chi connectivity index (χ4v) is 1.54. The van der Waals surface area contributed by atoms with E-state index in [1.807, 2.05) is 20.8 Å². The predicted molar refractivity (Wildman–Crippen MR) is 41.3 cm³/mol. The Balaban J connectivity index is 3.53. The summed E-state index contributed by atoms with van der Waals surface area (Å²) in [4.78, 5) is 13.2. The molecule has 0 unspecified atom stereocenters. The van der Waals surface area contributed by atoms with Crippen molar-refractivity contribution < 1.29 is 30.7 Å². The van der Waals surface area contributed by atoms with Crippen LogP contribution in [0.15, 0.2) is 0 Å². The van der Waals surface area contributed by atoms with Crippen LogP contribution in [0.5, 0.6) is 0 Å². The Bertz CT molecular complexity index is 127. The molecule has 0 aliphatic heterocycles. The molecule has 2 nitrogen and oxygen atoms in total. The van der Waals surface area contributed by atoms with E-state index in [9.17, 15) is 4.79 Å². The van der Waals surface area contributed by atoms with Crippen molar-refractivity contribution >= 4 is 5.97 Å². The second kappa shape index (κ2) is 4.95. The van der Waals surface area contributed by atoms with Crippen molar-refractivity contribution in [1.82, 2.24) is 0 Å². The van der Waals surface area contributed by atoms with Crippen molar-refractivity contribution in [2.45, 2.75) is 32.8 Å². The molecule has 0 saturated heterocycles. The number of ether oxygens (including phenoxy) is 1. The quantitative estimate of drug-likeness (QED) is 0.352. The molecule has 0 amide bonds. The number of hydrogen-bond donors (Lipinski definition) is 0. The van der Waals surface area contributed by atoms with Crippen LogP contribution in [0.3, 0.4) is 0 Å². The Morgan fingerprint density at radius 1 is 1.45 bits per heavy atom. The maximum absolute atomic E-state index is 11.0. The summed E-state index contributed by atoms with van der Waals surface area (Å²) in [5.74, 6) is -0.0564. The molecule has 0 aromatic carbocycles. The molecule has 11 heavy (non-hydrogen) atoms. The molecule has 68 valence electrons. The molecule has 0 aliphatic carbocycles. The number of alkyl halides is 2. The second-order valence-corrected chi connectivity index (χ2v) is 5.90. The van der Waals surface area contributed by atoms with Gasteiger partial charge >= 0.3 is 78.9 Å². The molecule has 0 aromatic heterocycles. The molecule has 0 bridgehead atoms. The first-order valence-corrected chi connectivity index (χ1v) is 7.29. The normalized spacial score (nSPS) is 11.6. The zero-order valence-electron chi connectivity index (χ0n) is 7.61. The second-order valence-electron chi connectivity index (χ2n) is 3.29. The Morgan fingerprint density at radius 3 is 2.36 bits per heavy atom. The predicted octanol–water partition coefficient (Wildman–Crippen LogP) is -1.56. The summed E-state index contributed by atoms with van der Waals surface area (Å²) in [6.45, 7) is 5.68. The van der Waals surface area contributed by atoms with Crippen molar-refractivity contribution in [2.24, 2.45) is 0 Å². The third-order valence-electron chi connectivity index (χ3n) is 0.908. The van der Waals surface area contributed by atoms with Gasteiger partial charge in [0.2, 0.25) is 0 Å². The monoisotopic (exact) mass is 271 g/mol. The zero-order chi connectivity index (χ0) is 8.91. The molecule has 0 N–H and O–H groups in total. The van der Waals surface area contributed by atoms with Crippen LogP contribution in [-0.4, -0.2) is 20.9 Å². The molecular weight excluding hydrogens is 255 g/mol. The Hall–Kier alpha value is 0.200. The van der Waals surface area contributed by atoms with Crippen LogP contribution in [-0.2, 0) is 9.53 Å². The van der Waals surface area contributed by atoms with Crippen molar-refractivity contribution in [1.29, 1.82) is 0 Å². The van der Waals surface area contributed by atoms with Crippen LogP contribution in [0.25, 0.3) is 0 Å². The van der Waals surface area contributed by atoms with Crippen molar-refractivity contribution in [2.75, 3.05) is 9.36 Å². The van der Waals surface area contributed by atoms with E-state index in [-0.39, 0.29) is 32.8 Å². The fraction of sp³-hybridized carbons (Fsp3) is 0.875. The number of carbonyl (C=O) groups is 1. The van der Waals surface area contributed by atoms with E-state index in [1.165, 1.54) is 0 Å². The molecule has 0 aliphatic rings. The first kappa shape index (κ1) is 11.2. The summed E-state index contributed by atoms with van der Waals surface area (Å²) in [7, 11) is 0. The first-order chi connectivity index (χ1) is 4.95. The van der Waals surface area contributed by atoms with E-state index < -0.39 is 0 Å². The van der Waals surface area contributed by atoms with Crippen molar-refractivity contribution in [3.8, 4) is 0 Å². The van der Waals surface area contributed by atoms with E-state index in [0.29, 0.717) is 6.42 Å². The summed E-state index contributed by atoms with van der Waals surface area (Å²) in [5, 5.41) is 0. The minimum absolute atomic E-state index is 0.0564. The van der Waals surface area contributed by atoms with Gasteiger partial charge in [0.05, 0.1) is 0 Å². The van der Waals surface area contributed by atoms with Crippen LogP contribution in [0.4, 0.5) is 0 Å². The third kappa shape index (κ3) is 8.10. The van der Waals surface area contributed by atoms with Crippen LogP contribution in [0, 0.1) is 0 Å². The molecule has 0 radical (unpaired) electrons. The number of carbonyl (C=O) groups excluding carboxylic acids is 1. The molecule has 0 saturated carbocycles. The van der Waals surface area contributed by atoms with Gasteiger partial charge in [0, 0.05) is 0 Å². The molecule has 3 heteroatoms. The Kier molecular flexibility index (Phi) is 5.04. The maximum atomic E-state index is 11.0. The number of halogens is 1. The number of rotatable bonds is 3. The van der Waals surface area contributed by atoms with Crippen LogP contribution in [0.2, 0.25) is 0 Å². The molecule has 0 atom stereocenters. The summed E-state index contributed by atoms with van der Waals surface area (Å²) < 4.78 is 6.15. The van der Waals surface area contributed by atoms with E-state index >= 15 is 0 Å². The fourth-order valence-electron chi connectivity index (χ4n) is 0.564. The molecule has 0 rings (SSSR count). The van der Waals surface area contributed by atoms with Gasteiger partial charge in [-0.2, -0.15) is 0 Å². The van der Waals surface area contributed by atoms with Gasteiger partial charge in [-0.05, 0) is 0 Å². The van der Waals surface area contributed by atoms with Gasteiger partial charge in [-0.25, -0.2) is 0 Å². The van der Waals surface area contributed by atoms with Crippen LogP contribution >= 0.6 is 0 Å². The van der Waals surface area contributed by atoms with Gasteiger partial charge in [-0.15, -0.1) is 0 Å². The van der Waals surface area contributed by atoms with Crippen molar-refractivity contribution in [3.05, 3.63) is 0 Å². The minimum atomic E-state index is -0.316. The van der Waals surface area contributed by atoms with Crippen molar-refractivity contribution in [3.63, 3.8) is 0 Å². The van der Waals surface area contributed by atoms with E-state index in [2.05, 4.69) is 4.93 Å². The van der Waals surface area contributed by atoms with E-state index in [0.717, 1.165) is 4.43 Å². The number of hydrogen-bond acceptors (Lipinski definition) is 2. The summed E-state index contributed by atoms with van der Waals surface area (Å²) in [6.07, 6.45) is 0.598. The van der Waals surface area contributed by atoms with E-state index in [4.69, 9.17) is 4.74 Å². The average molecular weight is 271 g/mol. The Morgan fingerprint density at radius 2 is 2.00 bits per heavy atom. The molecule has 0 spiro atoms.